The Balaban J connectivity index is 1.76. The fourth-order valence-electron chi connectivity index (χ4n) is 3.12. The number of hydrogen-bond acceptors (Lipinski definition) is 6. The van der Waals surface area contributed by atoms with Crippen LogP contribution >= 0.6 is 11.6 Å². The van der Waals surface area contributed by atoms with Gasteiger partial charge in [0.05, 0.1) is 36.2 Å². The SMILES string of the molecule is COc1cc(OC2CCOCC2)c2c(Nc3ccc(F)c(Cl)c3)ncnc2c1. The molecule has 28 heavy (non-hydrogen) atoms. The number of nitrogens with zero attached hydrogens (tertiary/aromatic N) is 2. The van der Waals surface area contributed by atoms with E-state index in [0.717, 1.165) is 18.2 Å². The van der Waals surface area contributed by atoms with Crippen LogP contribution in [0.25, 0.3) is 10.9 Å². The number of fused-ring (bicyclic) bond motifs is 1. The molecular formula is C20H19ClFN3O3. The fourth-order valence-corrected chi connectivity index (χ4v) is 3.30. The molecule has 1 aliphatic rings. The molecular weight excluding hydrogens is 385 g/mol. The Morgan fingerprint density at radius 3 is 2.75 bits per heavy atom. The van der Waals surface area contributed by atoms with Crippen molar-refractivity contribution < 1.29 is 18.6 Å². The maximum atomic E-state index is 13.5. The van der Waals surface area contributed by atoms with Crippen LogP contribution in [0.2, 0.25) is 5.02 Å². The zero-order valence-corrected chi connectivity index (χ0v) is 16.0. The van der Waals surface area contributed by atoms with Crippen LogP contribution < -0.4 is 14.8 Å². The van der Waals surface area contributed by atoms with E-state index in [1.54, 1.807) is 13.2 Å². The molecule has 0 amide bonds. The minimum atomic E-state index is -0.479. The number of halogens is 2. The molecule has 3 aromatic rings. The van der Waals surface area contributed by atoms with Crippen LogP contribution in [-0.2, 0) is 4.74 Å². The van der Waals surface area contributed by atoms with E-state index in [9.17, 15) is 4.39 Å². The van der Waals surface area contributed by atoms with Crippen LogP contribution in [0.15, 0.2) is 36.7 Å². The van der Waals surface area contributed by atoms with E-state index in [1.165, 1.54) is 18.5 Å². The lowest BCUT2D eigenvalue weighted by atomic mass is 10.1. The Morgan fingerprint density at radius 1 is 1.18 bits per heavy atom. The standard InChI is InChI=1S/C20H19ClFN3O3/c1-26-14-9-17-19(18(10-14)28-13-4-6-27-7-5-13)20(24-11-23-17)25-12-2-3-16(22)15(21)8-12/h2-3,8-11,13H,4-7H2,1H3,(H,23,24,25). The van der Waals surface area contributed by atoms with Crippen molar-refractivity contribution in [2.24, 2.45) is 0 Å². The number of nitrogens with one attached hydrogen (secondary N) is 1. The summed E-state index contributed by atoms with van der Waals surface area (Å²) in [6.07, 6.45) is 3.11. The summed E-state index contributed by atoms with van der Waals surface area (Å²) in [6.45, 7) is 1.34. The van der Waals surface area contributed by atoms with Gasteiger partial charge in [-0.15, -0.1) is 0 Å². The molecule has 1 aliphatic heterocycles. The van der Waals surface area contributed by atoms with Crippen molar-refractivity contribution in [3.63, 3.8) is 0 Å². The van der Waals surface area contributed by atoms with Crippen molar-refractivity contribution in [3.8, 4) is 11.5 Å². The highest BCUT2D eigenvalue weighted by atomic mass is 35.5. The molecule has 1 aromatic heterocycles. The van der Waals surface area contributed by atoms with Gasteiger partial charge in [0.15, 0.2) is 0 Å². The first-order valence-electron chi connectivity index (χ1n) is 8.93. The number of aromatic nitrogens is 2. The molecule has 146 valence electrons. The van der Waals surface area contributed by atoms with Crippen LogP contribution in [0.4, 0.5) is 15.9 Å². The van der Waals surface area contributed by atoms with E-state index in [2.05, 4.69) is 15.3 Å². The topological polar surface area (TPSA) is 65.5 Å². The number of benzene rings is 2. The molecule has 6 nitrogen and oxygen atoms in total. The van der Waals surface area contributed by atoms with E-state index >= 15 is 0 Å². The smallest absolute Gasteiger partial charge is 0.145 e. The third kappa shape index (κ3) is 3.95. The summed E-state index contributed by atoms with van der Waals surface area (Å²) in [5.74, 6) is 1.33. The average molecular weight is 404 g/mol. The molecule has 0 bridgehead atoms. The Bertz CT molecular complexity index is 996. The molecule has 4 rings (SSSR count). The van der Waals surface area contributed by atoms with Gasteiger partial charge in [0.25, 0.3) is 0 Å². The first-order chi connectivity index (χ1) is 13.6. The summed E-state index contributed by atoms with van der Waals surface area (Å²) < 4.78 is 30.5. The van der Waals surface area contributed by atoms with Crippen molar-refractivity contribution >= 4 is 34.0 Å². The van der Waals surface area contributed by atoms with E-state index in [1.807, 2.05) is 12.1 Å². The lowest BCUT2D eigenvalue weighted by Gasteiger charge is -2.24. The normalized spacial score (nSPS) is 14.8. The van der Waals surface area contributed by atoms with Crippen molar-refractivity contribution in [3.05, 3.63) is 47.5 Å². The summed E-state index contributed by atoms with van der Waals surface area (Å²) in [5, 5.41) is 3.93. The van der Waals surface area contributed by atoms with Gasteiger partial charge in [-0.25, -0.2) is 14.4 Å². The summed E-state index contributed by atoms with van der Waals surface area (Å²) in [6, 6.07) is 8.04. The highest BCUT2D eigenvalue weighted by Crippen LogP contribution is 2.37. The Labute approximate surface area is 166 Å². The monoisotopic (exact) mass is 403 g/mol. The van der Waals surface area contributed by atoms with Crippen molar-refractivity contribution in [2.45, 2.75) is 18.9 Å². The van der Waals surface area contributed by atoms with E-state index in [4.69, 9.17) is 25.8 Å². The molecule has 1 saturated heterocycles. The van der Waals surface area contributed by atoms with Gasteiger partial charge in [-0.2, -0.15) is 0 Å². The fraction of sp³-hybridized carbons (Fsp3) is 0.300. The van der Waals surface area contributed by atoms with Gasteiger partial charge in [-0.3, -0.25) is 0 Å². The van der Waals surface area contributed by atoms with Crippen LogP contribution in [0.3, 0.4) is 0 Å². The van der Waals surface area contributed by atoms with E-state index in [0.29, 0.717) is 41.7 Å². The van der Waals surface area contributed by atoms with Crippen molar-refractivity contribution in [2.75, 3.05) is 25.6 Å². The second-order valence-corrected chi connectivity index (χ2v) is 6.83. The molecule has 0 spiro atoms. The molecule has 0 saturated carbocycles. The van der Waals surface area contributed by atoms with E-state index in [-0.39, 0.29) is 11.1 Å². The number of rotatable bonds is 5. The zero-order chi connectivity index (χ0) is 19.5. The molecule has 2 heterocycles. The highest BCUT2D eigenvalue weighted by Gasteiger charge is 2.20. The van der Waals surface area contributed by atoms with Gasteiger partial charge in [-0.1, -0.05) is 11.6 Å². The van der Waals surface area contributed by atoms with Crippen LogP contribution in [0.5, 0.6) is 11.5 Å². The lowest BCUT2D eigenvalue weighted by Crippen LogP contribution is -2.26. The summed E-state index contributed by atoms with van der Waals surface area (Å²) >= 11 is 5.90. The Morgan fingerprint density at radius 2 is 2.00 bits per heavy atom. The second-order valence-electron chi connectivity index (χ2n) is 6.43. The van der Waals surface area contributed by atoms with Gasteiger partial charge >= 0.3 is 0 Å². The predicted molar refractivity (Wildman–Crippen MR) is 105 cm³/mol. The molecule has 2 aromatic carbocycles. The predicted octanol–water partition coefficient (Wildman–Crippen LogP) is 4.73. The minimum Gasteiger partial charge on any atom is -0.497 e. The summed E-state index contributed by atoms with van der Waals surface area (Å²) in [5.41, 5.74) is 1.28. The van der Waals surface area contributed by atoms with Crippen LogP contribution in [0.1, 0.15) is 12.8 Å². The average Bonchev–Trinajstić information content (AvgIpc) is 2.71. The molecule has 1 fully saturated rings. The minimum absolute atomic E-state index is 0.0312. The van der Waals surface area contributed by atoms with Crippen LogP contribution in [-0.4, -0.2) is 36.4 Å². The van der Waals surface area contributed by atoms with Gasteiger partial charge in [0, 0.05) is 30.7 Å². The molecule has 0 atom stereocenters. The third-order valence-electron chi connectivity index (χ3n) is 4.56. The molecule has 0 unspecified atom stereocenters. The van der Waals surface area contributed by atoms with Gasteiger partial charge in [0.2, 0.25) is 0 Å². The molecule has 1 N–H and O–H groups in total. The van der Waals surface area contributed by atoms with Gasteiger partial charge in [0.1, 0.15) is 35.6 Å². The van der Waals surface area contributed by atoms with Gasteiger partial charge in [-0.05, 0) is 18.2 Å². The number of anilines is 2. The third-order valence-corrected chi connectivity index (χ3v) is 4.84. The maximum Gasteiger partial charge on any atom is 0.145 e. The highest BCUT2D eigenvalue weighted by molar-refractivity contribution is 6.31. The summed E-state index contributed by atoms with van der Waals surface area (Å²) in [4.78, 5) is 8.71. The number of methoxy groups -OCH3 is 1. The summed E-state index contributed by atoms with van der Waals surface area (Å²) in [7, 11) is 1.60. The molecule has 0 radical (unpaired) electrons. The zero-order valence-electron chi connectivity index (χ0n) is 15.2. The van der Waals surface area contributed by atoms with Gasteiger partial charge < -0.3 is 19.5 Å². The molecule has 0 aliphatic carbocycles. The van der Waals surface area contributed by atoms with Crippen molar-refractivity contribution in [1.82, 2.24) is 9.97 Å². The largest absolute Gasteiger partial charge is 0.497 e. The van der Waals surface area contributed by atoms with E-state index < -0.39 is 5.82 Å². The number of ether oxygens (including phenoxy) is 3. The van der Waals surface area contributed by atoms with Crippen LogP contribution in [0, 0.1) is 5.82 Å². The van der Waals surface area contributed by atoms with Crippen molar-refractivity contribution in [1.29, 1.82) is 0 Å². The number of hydrogen-bond donors (Lipinski definition) is 1. The first-order valence-corrected chi connectivity index (χ1v) is 9.31. The Hall–Kier alpha value is -2.64. The first kappa shape index (κ1) is 18.7. The molecule has 8 heteroatoms. The maximum absolute atomic E-state index is 13.5. The quantitative estimate of drug-likeness (QED) is 0.664. The lowest BCUT2D eigenvalue weighted by molar-refractivity contribution is 0.0261. The Kier molecular flexibility index (Phi) is 5.45. The second kappa shape index (κ2) is 8.16.